The van der Waals surface area contributed by atoms with Crippen molar-refractivity contribution in [2.24, 2.45) is 11.8 Å². The molecule has 0 bridgehead atoms. The van der Waals surface area contributed by atoms with Gasteiger partial charge in [-0.05, 0) is 74.0 Å². The maximum absolute atomic E-state index is 13.9. The molecule has 2 aromatic carbocycles. The molecule has 1 fully saturated rings. The molecule has 8 heteroatoms. The van der Waals surface area contributed by atoms with Crippen molar-refractivity contribution in [2.75, 3.05) is 33.3 Å². The van der Waals surface area contributed by atoms with Crippen molar-refractivity contribution in [3.8, 4) is 5.75 Å². The molecule has 2 amide bonds. The SMILES string of the molecule is COc1ccc2cc3n(c2c1)CC(C)(C(=O)NCCCN1CC(C)CC(C)C1)N(Cc1ccc(F)cc1)C3=O. The van der Waals surface area contributed by atoms with Gasteiger partial charge in [0.2, 0.25) is 5.91 Å². The molecule has 0 saturated carbocycles. The summed E-state index contributed by atoms with van der Waals surface area (Å²) in [4.78, 5) is 31.9. The molecule has 5 rings (SSSR count). The van der Waals surface area contributed by atoms with Crippen LogP contribution in [0.25, 0.3) is 10.9 Å². The maximum atomic E-state index is 13.9. The van der Waals surface area contributed by atoms with E-state index in [2.05, 4.69) is 24.1 Å². The first-order valence-electron chi connectivity index (χ1n) is 13.9. The molecule has 0 spiro atoms. The largest absolute Gasteiger partial charge is 0.497 e. The minimum atomic E-state index is -1.14. The van der Waals surface area contributed by atoms with Crippen molar-refractivity contribution in [3.05, 3.63) is 65.6 Å². The number of hydrogen-bond donors (Lipinski definition) is 1. The summed E-state index contributed by atoms with van der Waals surface area (Å²) < 4.78 is 20.9. The molecule has 3 atom stereocenters. The number of ether oxygens (including phenoxy) is 1. The highest BCUT2D eigenvalue weighted by Crippen LogP contribution is 2.35. The Balaban J connectivity index is 1.38. The highest BCUT2D eigenvalue weighted by molar-refractivity contribution is 6.03. The van der Waals surface area contributed by atoms with Gasteiger partial charge in [0.1, 0.15) is 22.8 Å². The van der Waals surface area contributed by atoms with Gasteiger partial charge >= 0.3 is 0 Å². The van der Waals surface area contributed by atoms with Crippen molar-refractivity contribution in [1.29, 1.82) is 0 Å². The quantitative estimate of drug-likeness (QED) is 0.426. The van der Waals surface area contributed by atoms with Crippen LogP contribution in [0.3, 0.4) is 0 Å². The Labute approximate surface area is 229 Å². The van der Waals surface area contributed by atoms with Crippen LogP contribution in [0.2, 0.25) is 0 Å². The van der Waals surface area contributed by atoms with E-state index in [1.54, 1.807) is 24.1 Å². The lowest BCUT2D eigenvalue weighted by Crippen LogP contribution is -2.63. The van der Waals surface area contributed by atoms with Gasteiger partial charge in [0.15, 0.2) is 0 Å². The Morgan fingerprint density at radius 2 is 1.82 bits per heavy atom. The second kappa shape index (κ2) is 11.0. The molecule has 2 aliphatic rings. The number of nitrogens with zero attached hydrogens (tertiary/aromatic N) is 3. The predicted octanol–water partition coefficient (Wildman–Crippen LogP) is 4.69. The summed E-state index contributed by atoms with van der Waals surface area (Å²) in [5, 5.41) is 4.05. The van der Waals surface area contributed by atoms with Gasteiger partial charge in [-0.1, -0.05) is 26.0 Å². The first-order chi connectivity index (χ1) is 18.7. The molecule has 39 heavy (non-hydrogen) atoms. The molecule has 7 nitrogen and oxygen atoms in total. The number of fused-ring (bicyclic) bond motifs is 3. The monoisotopic (exact) mass is 534 g/mol. The fourth-order valence-electron chi connectivity index (χ4n) is 6.35. The van der Waals surface area contributed by atoms with Gasteiger partial charge in [0.25, 0.3) is 5.91 Å². The minimum Gasteiger partial charge on any atom is -0.497 e. The summed E-state index contributed by atoms with van der Waals surface area (Å²) in [6.07, 6.45) is 2.12. The third-order valence-electron chi connectivity index (χ3n) is 8.26. The Kier molecular flexibility index (Phi) is 7.67. The number of amides is 2. The molecule has 2 aliphatic heterocycles. The van der Waals surface area contributed by atoms with Crippen molar-refractivity contribution >= 4 is 22.7 Å². The van der Waals surface area contributed by atoms with Crippen LogP contribution in [0.5, 0.6) is 5.75 Å². The summed E-state index contributed by atoms with van der Waals surface area (Å²) in [5.74, 6) is 1.33. The Morgan fingerprint density at radius 3 is 2.51 bits per heavy atom. The number of rotatable bonds is 8. The van der Waals surface area contributed by atoms with Crippen LogP contribution in [-0.4, -0.2) is 65.0 Å². The normalized spacial score (nSPS) is 23.6. The Hall–Kier alpha value is -3.39. The summed E-state index contributed by atoms with van der Waals surface area (Å²) in [6, 6.07) is 13.7. The topological polar surface area (TPSA) is 66.8 Å². The van der Waals surface area contributed by atoms with Gasteiger partial charge < -0.3 is 24.4 Å². The predicted molar refractivity (Wildman–Crippen MR) is 150 cm³/mol. The minimum absolute atomic E-state index is 0.186. The van der Waals surface area contributed by atoms with Gasteiger partial charge in [0.05, 0.1) is 19.2 Å². The second-order valence-electron chi connectivity index (χ2n) is 11.6. The number of benzene rings is 2. The first-order valence-corrected chi connectivity index (χ1v) is 13.9. The van der Waals surface area contributed by atoms with E-state index in [1.807, 2.05) is 35.8 Å². The van der Waals surface area contributed by atoms with Gasteiger partial charge in [-0.25, -0.2) is 4.39 Å². The molecule has 3 unspecified atom stereocenters. The zero-order valence-electron chi connectivity index (χ0n) is 23.4. The van der Waals surface area contributed by atoms with E-state index in [0.717, 1.165) is 42.5 Å². The molecule has 0 aliphatic carbocycles. The summed E-state index contributed by atoms with van der Waals surface area (Å²) >= 11 is 0. The molecule has 1 N–H and O–H groups in total. The van der Waals surface area contributed by atoms with E-state index in [1.165, 1.54) is 18.6 Å². The number of aromatic nitrogens is 1. The van der Waals surface area contributed by atoms with Crippen molar-refractivity contribution in [1.82, 2.24) is 19.7 Å². The van der Waals surface area contributed by atoms with E-state index in [-0.39, 0.29) is 24.2 Å². The van der Waals surface area contributed by atoms with Crippen molar-refractivity contribution in [3.63, 3.8) is 0 Å². The molecular formula is C31H39FN4O3. The van der Waals surface area contributed by atoms with E-state index >= 15 is 0 Å². The van der Waals surface area contributed by atoms with Crippen LogP contribution < -0.4 is 10.1 Å². The van der Waals surface area contributed by atoms with Crippen LogP contribution >= 0.6 is 0 Å². The van der Waals surface area contributed by atoms with Crippen LogP contribution in [0.1, 0.15) is 49.7 Å². The van der Waals surface area contributed by atoms with Crippen molar-refractivity contribution in [2.45, 2.75) is 52.2 Å². The number of methoxy groups -OCH3 is 1. The van der Waals surface area contributed by atoms with Crippen molar-refractivity contribution < 1.29 is 18.7 Å². The standard InChI is InChI=1S/C31H39FN4O3/c1-21-14-22(2)18-34(17-21)13-5-12-33-30(38)31(3)20-35-27-16-26(39-4)11-8-24(27)15-28(35)29(37)36(31)19-23-6-9-25(32)10-7-23/h6-11,15-16,21-22H,5,12-14,17-20H2,1-4H3,(H,33,38). The summed E-state index contributed by atoms with van der Waals surface area (Å²) in [7, 11) is 1.61. The number of hydrogen-bond acceptors (Lipinski definition) is 4. The average molecular weight is 535 g/mol. The fraction of sp³-hybridized carbons (Fsp3) is 0.484. The summed E-state index contributed by atoms with van der Waals surface area (Å²) in [6.45, 7) is 10.6. The first kappa shape index (κ1) is 27.2. The Bertz CT molecular complexity index is 1340. The lowest BCUT2D eigenvalue weighted by molar-refractivity contribution is -0.133. The number of likely N-dealkylation sites (tertiary alicyclic amines) is 1. The number of nitrogens with one attached hydrogen (secondary N) is 1. The Morgan fingerprint density at radius 1 is 1.10 bits per heavy atom. The average Bonchev–Trinajstić information content (AvgIpc) is 3.27. The smallest absolute Gasteiger partial charge is 0.271 e. The third-order valence-corrected chi connectivity index (χ3v) is 8.26. The van der Waals surface area contributed by atoms with E-state index < -0.39 is 5.54 Å². The fourth-order valence-corrected chi connectivity index (χ4v) is 6.35. The molecule has 3 heterocycles. The van der Waals surface area contributed by atoms with E-state index in [0.29, 0.717) is 36.4 Å². The van der Waals surface area contributed by atoms with Crippen LogP contribution in [0.15, 0.2) is 48.5 Å². The highest BCUT2D eigenvalue weighted by atomic mass is 19.1. The molecule has 3 aromatic rings. The van der Waals surface area contributed by atoms with Crippen LogP contribution in [0.4, 0.5) is 4.39 Å². The lowest BCUT2D eigenvalue weighted by atomic mass is 9.92. The number of carbonyl (C=O) groups excluding carboxylic acids is 2. The molecule has 208 valence electrons. The lowest BCUT2D eigenvalue weighted by Gasteiger charge is -2.44. The van der Waals surface area contributed by atoms with E-state index in [4.69, 9.17) is 4.74 Å². The number of carbonyl (C=O) groups is 2. The molecule has 0 radical (unpaired) electrons. The second-order valence-corrected chi connectivity index (χ2v) is 11.6. The number of piperidine rings is 1. The van der Waals surface area contributed by atoms with Gasteiger partial charge in [-0.15, -0.1) is 0 Å². The van der Waals surface area contributed by atoms with Gasteiger partial charge in [-0.3, -0.25) is 9.59 Å². The third kappa shape index (κ3) is 5.53. The zero-order chi connectivity index (χ0) is 27.7. The molecular weight excluding hydrogens is 495 g/mol. The van der Waals surface area contributed by atoms with Crippen LogP contribution in [-0.2, 0) is 17.9 Å². The van der Waals surface area contributed by atoms with E-state index in [9.17, 15) is 14.0 Å². The van der Waals surface area contributed by atoms with Crippen LogP contribution in [0, 0.1) is 17.7 Å². The zero-order valence-corrected chi connectivity index (χ0v) is 23.4. The highest BCUT2D eigenvalue weighted by Gasteiger charge is 2.47. The molecule has 1 saturated heterocycles. The number of halogens is 1. The summed E-state index contributed by atoms with van der Waals surface area (Å²) in [5.41, 5.74) is 1.01. The van der Waals surface area contributed by atoms with Gasteiger partial charge in [0, 0.05) is 37.6 Å². The maximum Gasteiger partial charge on any atom is 0.271 e. The molecule has 1 aromatic heterocycles. The van der Waals surface area contributed by atoms with Gasteiger partial charge in [-0.2, -0.15) is 0 Å².